The summed E-state index contributed by atoms with van der Waals surface area (Å²) in [7, 11) is 0. The first kappa shape index (κ1) is 15.0. The van der Waals surface area contributed by atoms with Gasteiger partial charge in [-0.1, -0.05) is 45.4 Å². The number of hydrogen-bond donors (Lipinski definition) is 1. The Labute approximate surface area is 122 Å². The smallest absolute Gasteiger partial charge is 0.255 e. The molecule has 1 aliphatic heterocycles. The number of carbonyl (C=O) groups is 1. The van der Waals surface area contributed by atoms with Gasteiger partial charge in [0.1, 0.15) is 6.17 Å². The van der Waals surface area contributed by atoms with E-state index in [-0.39, 0.29) is 12.1 Å². The Balaban J connectivity index is 2.14. The van der Waals surface area contributed by atoms with Crippen LogP contribution in [0.15, 0.2) is 24.3 Å². The molecule has 1 aliphatic rings. The third kappa shape index (κ3) is 3.21. The number of unbranched alkanes of at least 4 members (excludes halogenated alkanes) is 1. The first-order valence-corrected chi connectivity index (χ1v) is 7.78. The van der Waals surface area contributed by atoms with E-state index in [1.54, 1.807) is 0 Å². The van der Waals surface area contributed by atoms with Crippen LogP contribution in [0.1, 0.15) is 62.1 Å². The normalized spacial score (nSPS) is 17.9. The molecule has 1 heterocycles. The van der Waals surface area contributed by atoms with Crippen LogP contribution >= 0.6 is 0 Å². The highest BCUT2D eigenvalue weighted by Crippen LogP contribution is 2.31. The summed E-state index contributed by atoms with van der Waals surface area (Å²) in [6, 6.07) is 7.99. The van der Waals surface area contributed by atoms with E-state index in [0.717, 1.165) is 37.1 Å². The van der Waals surface area contributed by atoms with Crippen LogP contribution < -0.4 is 5.32 Å². The van der Waals surface area contributed by atoms with E-state index in [0.29, 0.717) is 5.92 Å². The van der Waals surface area contributed by atoms with Crippen LogP contribution in [-0.2, 0) is 0 Å². The monoisotopic (exact) mass is 274 g/mol. The fourth-order valence-corrected chi connectivity index (χ4v) is 2.63. The van der Waals surface area contributed by atoms with Gasteiger partial charge >= 0.3 is 0 Å². The van der Waals surface area contributed by atoms with Crippen LogP contribution in [0.25, 0.3) is 0 Å². The van der Waals surface area contributed by atoms with Crippen molar-refractivity contribution >= 4 is 5.91 Å². The largest absolute Gasteiger partial charge is 0.319 e. The van der Waals surface area contributed by atoms with Crippen molar-refractivity contribution in [2.45, 2.75) is 46.2 Å². The van der Waals surface area contributed by atoms with E-state index in [1.165, 1.54) is 6.42 Å². The molecule has 0 aromatic heterocycles. The van der Waals surface area contributed by atoms with Crippen LogP contribution in [0.4, 0.5) is 0 Å². The van der Waals surface area contributed by atoms with Crippen molar-refractivity contribution in [2.24, 2.45) is 5.92 Å². The van der Waals surface area contributed by atoms with E-state index >= 15 is 0 Å². The van der Waals surface area contributed by atoms with Crippen molar-refractivity contribution < 1.29 is 4.79 Å². The second-order valence-corrected chi connectivity index (χ2v) is 5.98. The molecule has 0 radical (unpaired) electrons. The van der Waals surface area contributed by atoms with Crippen LogP contribution in [0.2, 0.25) is 0 Å². The minimum atomic E-state index is 0.0593. The molecule has 0 fully saturated rings. The van der Waals surface area contributed by atoms with Crippen molar-refractivity contribution in [3.05, 3.63) is 35.4 Å². The van der Waals surface area contributed by atoms with Crippen molar-refractivity contribution in [3.63, 3.8) is 0 Å². The van der Waals surface area contributed by atoms with Crippen molar-refractivity contribution in [1.29, 1.82) is 0 Å². The summed E-state index contributed by atoms with van der Waals surface area (Å²) >= 11 is 0. The topological polar surface area (TPSA) is 32.3 Å². The Morgan fingerprint density at radius 1 is 1.30 bits per heavy atom. The van der Waals surface area contributed by atoms with Gasteiger partial charge in [-0.15, -0.1) is 0 Å². The summed E-state index contributed by atoms with van der Waals surface area (Å²) < 4.78 is 0. The molecule has 20 heavy (non-hydrogen) atoms. The number of hydrogen-bond acceptors (Lipinski definition) is 2. The van der Waals surface area contributed by atoms with Gasteiger partial charge in [0.2, 0.25) is 0 Å². The zero-order valence-corrected chi connectivity index (χ0v) is 12.9. The molecule has 0 saturated carbocycles. The molecular weight excluding hydrogens is 248 g/mol. The standard InChI is InChI=1S/C17H26N2O/c1-4-5-11-18-16-14-8-6-7-9-15(14)17(20)19(16)12-10-13(2)3/h6-9,13,16,18H,4-5,10-12H2,1-3H3/t16-/m1/s1. The molecule has 0 aliphatic carbocycles. The molecule has 1 N–H and O–H groups in total. The maximum Gasteiger partial charge on any atom is 0.255 e. The molecule has 3 heteroatoms. The van der Waals surface area contributed by atoms with E-state index in [1.807, 2.05) is 23.1 Å². The fourth-order valence-electron chi connectivity index (χ4n) is 2.63. The summed E-state index contributed by atoms with van der Waals surface area (Å²) in [4.78, 5) is 14.5. The minimum Gasteiger partial charge on any atom is -0.319 e. The predicted octanol–water partition coefficient (Wildman–Crippen LogP) is 3.58. The second kappa shape index (κ2) is 6.89. The number of benzene rings is 1. The summed E-state index contributed by atoms with van der Waals surface area (Å²) in [5.41, 5.74) is 2.00. The van der Waals surface area contributed by atoms with Gasteiger partial charge in [-0.25, -0.2) is 0 Å². The molecular formula is C17H26N2O. The molecule has 1 amide bonds. The van der Waals surface area contributed by atoms with Crippen molar-refractivity contribution in [2.75, 3.05) is 13.1 Å². The highest BCUT2D eigenvalue weighted by molar-refractivity contribution is 5.99. The Morgan fingerprint density at radius 2 is 2.05 bits per heavy atom. The number of amides is 1. The molecule has 3 nitrogen and oxygen atoms in total. The number of rotatable bonds is 7. The van der Waals surface area contributed by atoms with E-state index < -0.39 is 0 Å². The van der Waals surface area contributed by atoms with Crippen LogP contribution in [0.3, 0.4) is 0 Å². The SMILES string of the molecule is CCCCN[C@H]1c2ccccc2C(=O)N1CCC(C)C. The molecule has 1 aromatic carbocycles. The van der Waals surface area contributed by atoms with Crippen LogP contribution in [-0.4, -0.2) is 23.9 Å². The predicted molar refractivity (Wildman–Crippen MR) is 82.6 cm³/mol. The molecule has 0 unspecified atom stereocenters. The summed E-state index contributed by atoms with van der Waals surface area (Å²) in [6.45, 7) is 8.38. The quantitative estimate of drug-likeness (QED) is 0.771. The molecule has 1 aromatic rings. The van der Waals surface area contributed by atoms with Gasteiger partial charge < -0.3 is 4.90 Å². The fraction of sp³-hybridized carbons (Fsp3) is 0.588. The highest BCUT2D eigenvalue weighted by atomic mass is 16.2. The number of fused-ring (bicyclic) bond motifs is 1. The molecule has 2 rings (SSSR count). The lowest BCUT2D eigenvalue weighted by Gasteiger charge is -2.27. The average Bonchev–Trinajstić information content (AvgIpc) is 2.70. The third-order valence-corrected chi connectivity index (χ3v) is 3.87. The van der Waals surface area contributed by atoms with Crippen LogP contribution in [0.5, 0.6) is 0 Å². The number of nitrogens with zero attached hydrogens (tertiary/aromatic N) is 1. The first-order valence-electron chi connectivity index (χ1n) is 7.78. The third-order valence-electron chi connectivity index (χ3n) is 3.87. The van der Waals surface area contributed by atoms with E-state index in [9.17, 15) is 4.79 Å². The summed E-state index contributed by atoms with van der Waals surface area (Å²) in [5, 5.41) is 3.55. The van der Waals surface area contributed by atoms with Gasteiger partial charge in [0.15, 0.2) is 0 Å². The zero-order chi connectivity index (χ0) is 14.5. The van der Waals surface area contributed by atoms with Crippen LogP contribution in [0, 0.1) is 5.92 Å². The van der Waals surface area contributed by atoms with Gasteiger partial charge in [-0.3, -0.25) is 10.1 Å². The minimum absolute atomic E-state index is 0.0593. The molecule has 1 atom stereocenters. The van der Waals surface area contributed by atoms with Gasteiger partial charge in [0, 0.05) is 17.7 Å². The molecule has 0 spiro atoms. The van der Waals surface area contributed by atoms with Gasteiger partial charge in [-0.2, -0.15) is 0 Å². The summed E-state index contributed by atoms with van der Waals surface area (Å²) in [6.07, 6.45) is 3.42. The Bertz CT molecular complexity index is 456. The van der Waals surface area contributed by atoms with Gasteiger partial charge in [0.05, 0.1) is 0 Å². The second-order valence-electron chi connectivity index (χ2n) is 5.98. The van der Waals surface area contributed by atoms with Crippen molar-refractivity contribution in [3.8, 4) is 0 Å². The molecule has 110 valence electrons. The maximum absolute atomic E-state index is 12.5. The Hall–Kier alpha value is -1.35. The number of carbonyl (C=O) groups excluding carboxylic acids is 1. The Morgan fingerprint density at radius 3 is 2.75 bits per heavy atom. The van der Waals surface area contributed by atoms with Gasteiger partial charge in [-0.05, 0) is 31.4 Å². The average molecular weight is 274 g/mol. The Kier molecular flexibility index (Phi) is 5.18. The molecule has 0 saturated heterocycles. The zero-order valence-electron chi connectivity index (χ0n) is 12.9. The van der Waals surface area contributed by atoms with E-state index in [4.69, 9.17) is 0 Å². The van der Waals surface area contributed by atoms with Gasteiger partial charge in [0.25, 0.3) is 5.91 Å². The first-order chi connectivity index (χ1) is 9.65. The molecule has 0 bridgehead atoms. The highest BCUT2D eigenvalue weighted by Gasteiger charge is 2.35. The number of nitrogens with one attached hydrogen (secondary N) is 1. The maximum atomic E-state index is 12.5. The lowest BCUT2D eigenvalue weighted by atomic mass is 10.1. The lowest BCUT2D eigenvalue weighted by molar-refractivity contribution is 0.0685. The van der Waals surface area contributed by atoms with Crippen molar-refractivity contribution in [1.82, 2.24) is 10.2 Å². The summed E-state index contributed by atoms with van der Waals surface area (Å²) in [5.74, 6) is 0.790. The van der Waals surface area contributed by atoms with E-state index in [2.05, 4.69) is 32.2 Å². The lowest BCUT2D eigenvalue weighted by Crippen LogP contribution is -2.38.